The zero-order chi connectivity index (χ0) is 10.4. The molecule has 1 nitrogen and oxygen atoms in total. The molecule has 0 spiro atoms. The van der Waals surface area contributed by atoms with Crippen molar-refractivity contribution in [1.29, 1.82) is 0 Å². The average molecular weight is 258 g/mol. The third kappa shape index (κ3) is 3.97. The highest BCUT2D eigenvalue weighted by Crippen LogP contribution is 2.14. The van der Waals surface area contributed by atoms with Gasteiger partial charge < -0.3 is 0 Å². The Bertz CT molecular complexity index is 214. The molecule has 0 N–H and O–H groups in total. The molecule has 0 amide bonds. The van der Waals surface area contributed by atoms with Crippen molar-refractivity contribution in [1.82, 2.24) is 4.90 Å². The van der Waals surface area contributed by atoms with Crippen LogP contribution >= 0.6 is 15.9 Å². The van der Waals surface area contributed by atoms with Crippen LogP contribution in [0.3, 0.4) is 0 Å². The van der Waals surface area contributed by atoms with Crippen molar-refractivity contribution in [3.8, 4) is 0 Å². The molecule has 0 radical (unpaired) electrons. The van der Waals surface area contributed by atoms with E-state index in [9.17, 15) is 0 Å². The van der Waals surface area contributed by atoms with E-state index in [-0.39, 0.29) is 0 Å². The van der Waals surface area contributed by atoms with E-state index in [2.05, 4.69) is 46.0 Å². The van der Waals surface area contributed by atoms with Gasteiger partial charge in [0.15, 0.2) is 0 Å². The van der Waals surface area contributed by atoms with Crippen molar-refractivity contribution in [2.24, 2.45) is 0 Å². The Labute approximate surface area is 96.0 Å². The van der Waals surface area contributed by atoms with Crippen LogP contribution in [0, 0.1) is 0 Å². The van der Waals surface area contributed by atoms with Crippen molar-refractivity contribution < 1.29 is 0 Å². The lowest BCUT2D eigenvalue weighted by Gasteiger charge is -2.30. The molecule has 0 aromatic rings. The van der Waals surface area contributed by atoms with Crippen molar-refractivity contribution in [3.05, 3.63) is 22.7 Å². The molecule has 1 unspecified atom stereocenters. The maximum atomic E-state index is 3.49. The number of nitrogens with zero attached hydrogens (tertiary/aromatic N) is 1. The molecule has 1 heterocycles. The van der Waals surface area contributed by atoms with Crippen LogP contribution < -0.4 is 0 Å². The quantitative estimate of drug-likeness (QED) is 0.697. The molecule has 1 aliphatic rings. The number of piperidine rings is 1. The first-order valence-electron chi connectivity index (χ1n) is 5.48. The Hall–Kier alpha value is -0.0800. The second-order valence-corrected chi connectivity index (χ2v) is 4.79. The SMILES string of the molecule is C/C=C(Br)/C=C/C(C)N1CCCCC1. The number of rotatable bonds is 3. The summed E-state index contributed by atoms with van der Waals surface area (Å²) in [5, 5.41) is 0. The van der Waals surface area contributed by atoms with Gasteiger partial charge in [0.2, 0.25) is 0 Å². The van der Waals surface area contributed by atoms with Gasteiger partial charge in [-0.25, -0.2) is 0 Å². The molecular weight excluding hydrogens is 238 g/mol. The molecule has 80 valence electrons. The van der Waals surface area contributed by atoms with Crippen LogP contribution in [0.25, 0.3) is 0 Å². The molecule has 14 heavy (non-hydrogen) atoms. The summed E-state index contributed by atoms with van der Waals surface area (Å²) >= 11 is 3.49. The minimum absolute atomic E-state index is 0.572. The van der Waals surface area contributed by atoms with Gasteiger partial charge in [0, 0.05) is 10.5 Å². The number of hydrogen-bond donors (Lipinski definition) is 0. The molecule has 0 saturated carbocycles. The van der Waals surface area contributed by atoms with Crippen molar-refractivity contribution in [3.63, 3.8) is 0 Å². The lowest BCUT2D eigenvalue weighted by molar-refractivity contribution is 0.201. The fourth-order valence-corrected chi connectivity index (χ4v) is 1.93. The normalized spacial score (nSPS) is 22.9. The van der Waals surface area contributed by atoms with E-state index in [4.69, 9.17) is 0 Å². The standard InChI is InChI=1S/C12H20BrN/c1-3-12(13)8-7-11(2)14-9-5-4-6-10-14/h3,7-8,11H,4-6,9-10H2,1-2H3/b8-7+,12-3-. The fraction of sp³-hybridized carbons (Fsp3) is 0.667. The van der Waals surface area contributed by atoms with Gasteiger partial charge in [0.25, 0.3) is 0 Å². The largest absolute Gasteiger partial charge is 0.297 e. The summed E-state index contributed by atoms with van der Waals surface area (Å²) in [6.45, 7) is 6.84. The average Bonchev–Trinajstić information content (AvgIpc) is 2.26. The molecule has 1 atom stereocenters. The molecule has 1 rings (SSSR count). The number of allylic oxidation sites excluding steroid dienone is 3. The van der Waals surface area contributed by atoms with Crippen molar-refractivity contribution >= 4 is 15.9 Å². The van der Waals surface area contributed by atoms with Crippen molar-refractivity contribution in [2.45, 2.75) is 39.2 Å². The summed E-state index contributed by atoms with van der Waals surface area (Å²) in [7, 11) is 0. The summed E-state index contributed by atoms with van der Waals surface area (Å²) in [5.41, 5.74) is 0. The van der Waals surface area contributed by atoms with E-state index >= 15 is 0 Å². The van der Waals surface area contributed by atoms with Crippen molar-refractivity contribution in [2.75, 3.05) is 13.1 Å². The lowest BCUT2D eigenvalue weighted by Crippen LogP contribution is -2.36. The van der Waals surface area contributed by atoms with Crippen LogP contribution in [0.15, 0.2) is 22.7 Å². The third-order valence-electron chi connectivity index (χ3n) is 2.78. The summed E-state index contributed by atoms with van der Waals surface area (Å²) < 4.78 is 1.17. The Balaban J connectivity index is 2.39. The van der Waals surface area contributed by atoms with Gasteiger partial charge in [0.05, 0.1) is 0 Å². The second-order valence-electron chi connectivity index (χ2n) is 3.87. The van der Waals surface area contributed by atoms with Crippen LogP contribution in [0.1, 0.15) is 33.1 Å². The Morgan fingerprint density at radius 3 is 2.50 bits per heavy atom. The highest BCUT2D eigenvalue weighted by Gasteiger charge is 2.13. The van der Waals surface area contributed by atoms with Crippen LogP contribution in [-0.4, -0.2) is 24.0 Å². The van der Waals surface area contributed by atoms with E-state index in [0.29, 0.717) is 6.04 Å². The predicted molar refractivity (Wildman–Crippen MR) is 66.7 cm³/mol. The van der Waals surface area contributed by atoms with Gasteiger partial charge in [-0.3, -0.25) is 4.90 Å². The van der Waals surface area contributed by atoms with Crippen LogP contribution in [0.5, 0.6) is 0 Å². The third-order valence-corrected chi connectivity index (χ3v) is 3.50. The first-order valence-corrected chi connectivity index (χ1v) is 6.27. The predicted octanol–water partition coefficient (Wildman–Crippen LogP) is 3.72. The molecule has 2 heteroatoms. The highest BCUT2D eigenvalue weighted by molar-refractivity contribution is 9.11. The zero-order valence-corrected chi connectivity index (χ0v) is 10.8. The molecule has 0 aromatic heterocycles. The summed E-state index contributed by atoms with van der Waals surface area (Å²) in [5.74, 6) is 0. The smallest absolute Gasteiger partial charge is 0.0253 e. The summed E-state index contributed by atoms with van der Waals surface area (Å²) in [6, 6.07) is 0.572. The van der Waals surface area contributed by atoms with Crippen LogP contribution in [-0.2, 0) is 0 Å². The Morgan fingerprint density at radius 1 is 1.29 bits per heavy atom. The first-order chi connectivity index (χ1) is 6.74. The maximum absolute atomic E-state index is 3.49. The molecule has 1 aliphatic heterocycles. The van der Waals surface area contributed by atoms with E-state index < -0.39 is 0 Å². The minimum atomic E-state index is 0.572. The van der Waals surface area contributed by atoms with Gasteiger partial charge in [-0.15, -0.1) is 0 Å². The molecule has 0 bridgehead atoms. The number of hydrogen-bond acceptors (Lipinski definition) is 1. The van der Waals surface area contributed by atoms with E-state index in [1.165, 1.54) is 36.8 Å². The van der Waals surface area contributed by atoms with Gasteiger partial charge in [-0.05, 0) is 39.8 Å². The first kappa shape index (κ1) is 12.0. The lowest BCUT2D eigenvalue weighted by atomic mass is 10.1. The molecule has 1 fully saturated rings. The Kier molecular flexibility index (Phi) is 5.49. The maximum Gasteiger partial charge on any atom is 0.0253 e. The zero-order valence-electron chi connectivity index (χ0n) is 9.17. The van der Waals surface area contributed by atoms with Crippen LogP contribution in [0.4, 0.5) is 0 Å². The minimum Gasteiger partial charge on any atom is -0.297 e. The van der Waals surface area contributed by atoms with Gasteiger partial charge in [-0.2, -0.15) is 0 Å². The van der Waals surface area contributed by atoms with E-state index in [1.54, 1.807) is 0 Å². The van der Waals surface area contributed by atoms with E-state index in [1.807, 2.05) is 6.92 Å². The van der Waals surface area contributed by atoms with Gasteiger partial charge in [0.1, 0.15) is 0 Å². The fourth-order valence-electron chi connectivity index (χ4n) is 1.77. The topological polar surface area (TPSA) is 3.24 Å². The molecule has 0 aromatic carbocycles. The molecular formula is C12H20BrN. The molecule has 1 saturated heterocycles. The van der Waals surface area contributed by atoms with Gasteiger partial charge >= 0.3 is 0 Å². The summed E-state index contributed by atoms with van der Waals surface area (Å²) in [6.07, 6.45) is 10.6. The summed E-state index contributed by atoms with van der Waals surface area (Å²) in [4.78, 5) is 2.55. The number of halogens is 1. The highest BCUT2D eigenvalue weighted by atomic mass is 79.9. The second kappa shape index (κ2) is 6.41. The van der Waals surface area contributed by atoms with E-state index in [0.717, 1.165) is 0 Å². The molecule has 0 aliphatic carbocycles. The number of likely N-dealkylation sites (tertiary alicyclic amines) is 1. The van der Waals surface area contributed by atoms with Gasteiger partial charge in [-0.1, -0.05) is 40.6 Å². The Morgan fingerprint density at radius 2 is 1.93 bits per heavy atom. The monoisotopic (exact) mass is 257 g/mol. The van der Waals surface area contributed by atoms with Crippen LogP contribution in [0.2, 0.25) is 0 Å².